The third kappa shape index (κ3) is 4.97. The highest BCUT2D eigenvalue weighted by molar-refractivity contribution is 7.91. The van der Waals surface area contributed by atoms with Crippen molar-refractivity contribution in [2.24, 2.45) is 4.99 Å². The van der Waals surface area contributed by atoms with E-state index in [0.717, 1.165) is 30.7 Å². The smallest absolute Gasteiger partial charge is 0.252 e. The first-order chi connectivity index (χ1) is 11.6. The van der Waals surface area contributed by atoms with Crippen molar-refractivity contribution >= 4 is 27.3 Å². The van der Waals surface area contributed by atoms with Crippen LogP contribution in [0, 0.1) is 12.3 Å². The summed E-state index contributed by atoms with van der Waals surface area (Å²) in [5.41, 5.74) is 0. The second-order valence-corrected chi connectivity index (χ2v) is 8.77. The molecule has 0 bridgehead atoms. The van der Waals surface area contributed by atoms with Gasteiger partial charge in [-0.25, -0.2) is 13.4 Å². The Morgan fingerprint density at radius 3 is 2.75 bits per heavy atom. The van der Waals surface area contributed by atoms with E-state index < -0.39 is 10.0 Å². The van der Waals surface area contributed by atoms with Gasteiger partial charge in [-0.3, -0.25) is 0 Å². The summed E-state index contributed by atoms with van der Waals surface area (Å²) in [6, 6.07) is 3.51. The van der Waals surface area contributed by atoms with Crippen LogP contribution in [-0.4, -0.2) is 44.9 Å². The average molecular weight is 369 g/mol. The monoisotopic (exact) mass is 368 g/mol. The normalized spacial score (nSPS) is 16.6. The van der Waals surface area contributed by atoms with Crippen LogP contribution < -0.4 is 10.6 Å². The second kappa shape index (κ2) is 9.06. The second-order valence-electron chi connectivity index (χ2n) is 5.44. The molecular weight excluding hydrogens is 344 g/mol. The number of aliphatic imine (C=N–C) groups is 1. The van der Waals surface area contributed by atoms with E-state index in [-0.39, 0.29) is 0 Å². The first kappa shape index (κ1) is 18.8. The van der Waals surface area contributed by atoms with E-state index in [9.17, 15) is 8.42 Å². The summed E-state index contributed by atoms with van der Waals surface area (Å²) < 4.78 is 27.3. The number of hydrogen-bond acceptors (Lipinski definition) is 4. The van der Waals surface area contributed by atoms with Crippen LogP contribution in [0.2, 0.25) is 0 Å². The fourth-order valence-corrected chi connectivity index (χ4v) is 5.40. The van der Waals surface area contributed by atoms with Gasteiger partial charge in [-0.1, -0.05) is 12.3 Å². The van der Waals surface area contributed by atoms with Gasteiger partial charge in [-0.05, 0) is 31.9 Å². The van der Waals surface area contributed by atoms with Crippen LogP contribution >= 0.6 is 11.3 Å². The number of guanidine groups is 1. The van der Waals surface area contributed by atoms with Gasteiger partial charge in [0.2, 0.25) is 0 Å². The molecule has 0 spiro atoms. The first-order valence-electron chi connectivity index (χ1n) is 8.12. The largest absolute Gasteiger partial charge is 0.357 e. The van der Waals surface area contributed by atoms with E-state index in [0.29, 0.717) is 36.3 Å². The molecule has 0 amide bonds. The minimum Gasteiger partial charge on any atom is -0.357 e. The number of rotatable bonds is 6. The fraction of sp³-hybridized carbons (Fsp3) is 0.562. The van der Waals surface area contributed by atoms with Crippen molar-refractivity contribution < 1.29 is 8.42 Å². The van der Waals surface area contributed by atoms with Gasteiger partial charge in [0.15, 0.2) is 5.96 Å². The highest BCUT2D eigenvalue weighted by Gasteiger charge is 2.27. The van der Waals surface area contributed by atoms with Crippen molar-refractivity contribution in [1.82, 2.24) is 14.9 Å². The molecule has 1 aliphatic heterocycles. The lowest BCUT2D eigenvalue weighted by atomic mass is 10.2. The lowest BCUT2D eigenvalue weighted by Crippen LogP contribution is -2.37. The molecule has 0 saturated carbocycles. The number of thiophene rings is 1. The predicted molar refractivity (Wildman–Crippen MR) is 98.6 cm³/mol. The number of sulfonamides is 1. The van der Waals surface area contributed by atoms with Gasteiger partial charge in [0.25, 0.3) is 10.0 Å². The summed E-state index contributed by atoms with van der Waals surface area (Å²) in [7, 11) is -3.36. The molecule has 8 heteroatoms. The summed E-state index contributed by atoms with van der Waals surface area (Å²) in [5.74, 6) is 3.13. The Kier molecular flexibility index (Phi) is 7.09. The molecule has 0 radical (unpaired) electrons. The minimum absolute atomic E-state index is 0.394. The van der Waals surface area contributed by atoms with Crippen molar-refractivity contribution in [2.45, 2.75) is 36.9 Å². The zero-order valence-electron chi connectivity index (χ0n) is 13.9. The Morgan fingerprint density at radius 1 is 1.33 bits per heavy atom. The van der Waals surface area contributed by atoms with Crippen LogP contribution in [0.15, 0.2) is 21.3 Å². The number of nitrogens with zero attached hydrogens (tertiary/aromatic N) is 2. The maximum absolute atomic E-state index is 12.6. The molecular formula is C16H24N4O2S2. The van der Waals surface area contributed by atoms with Crippen molar-refractivity contribution in [3.8, 4) is 12.3 Å². The van der Waals surface area contributed by atoms with Gasteiger partial charge in [0.05, 0.1) is 13.1 Å². The van der Waals surface area contributed by atoms with Crippen LogP contribution in [0.1, 0.15) is 31.1 Å². The lowest BCUT2D eigenvalue weighted by molar-refractivity contribution is 0.347. The standard InChI is InChI=1S/C16H24N4O2S2/c1-3-10-18-16(17-4-2)19-13-14-8-9-15(23-14)24(21,22)20-11-6-5-7-12-20/h1,8-9H,4-7,10-13H2,2H3,(H2,17,18,19). The molecule has 0 unspecified atom stereocenters. The highest BCUT2D eigenvalue weighted by Crippen LogP contribution is 2.27. The van der Waals surface area contributed by atoms with Crippen LogP contribution in [0.25, 0.3) is 0 Å². The van der Waals surface area contributed by atoms with Gasteiger partial charge >= 0.3 is 0 Å². The van der Waals surface area contributed by atoms with Gasteiger partial charge < -0.3 is 10.6 Å². The van der Waals surface area contributed by atoms with Crippen molar-refractivity contribution in [3.63, 3.8) is 0 Å². The molecule has 1 fully saturated rings. The molecule has 24 heavy (non-hydrogen) atoms. The summed E-state index contributed by atoms with van der Waals surface area (Å²) in [6.45, 7) is 4.75. The Morgan fingerprint density at radius 2 is 2.08 bits per heavy atom. The molecule has 2 N–H and O–H groups in total. The fourth-order valence-electron chi connectivity index (χ4n) is 2.45. The molecule has 0 atom stereocenters. The number of piperidine rings is 1. The van der Waals surface area contributed by atoms with Crippen LogP contribution in [0.3, 0.4) is 0 Å². The maximum Gasteiger partial charge on any atom is 0.252 e. The van der Waals surface area contributed by atoms with Crippen LogP contribution in [0.4, 0.5) is 0 Å². The summed E-state index contributed by atoms with van der Waals surface area (Å²) >= 11 is 1.28. The SMILES string of the molecule is C#CCNC(=NCc1ccc(S(=O)(=O)N2CCCCC2)s1)NCC. The predicted octanol–water partition coefficient (Wildman–Crippen LogP) is 1.61. The van der Waals surface area contributed by atoms with E-state index >= 15 is 0 Å². The van der Waals surface area contributed by atoms with Crippen LogP contribution in [-0.2, 0) is 16.6 Å². The van der Waals surface area contributed by atoms with Gasteiger partial charge in [0, 0.05) is 24.5 Å². The minimum atomic E-state index is -3.36. The highest BCUT2D eigenvalue weighted by atomic mass is 32.2. The molecule has 1 saturated heterocycles. The Bertz CT molecular complexity index is 698. The molecule has 6 nitrogen and oxygen atoms in total. The van der Waals surface area contributed by atoms with Gasteiger partial charge in [-0.15, -0.1) is 17.8 Å². The topological polar surface area (TPSA) is 73.8 Å². The van der Waals surface area contributed by atoms with E-state index in [2.05, 4.69) is 21.5 Å². The number of terminal acetylenes is 1. The molecule has 2 rings (SSSR count). The van der Waals surface area contributed by atoms with E-state index in [1.807, 2.05) is 13.0 Å². The third-order valence-corrected chi connectivity index (χ3v) is 7.08. The quantitative estimate of drug-likeness (QED) is 0.455. The van der Waals surface area contributed by atoms with E-state index in [4.69, 9.17) is 6.42 Å². The molecule has 1 aromatic heterocycles. The average Bonchev–Trinajstić information content (AvgIpc) is 3.08. The number of hydrogen-bond donors (Lipinski definition) is 2. The third-order valence-electron chi connectivity index (χ3n) is 3.64. The lowest BCUT2D eigenvalue weighted by Gasteiger charge is -2.25. The molecule has 132 valence electrons. The Hall–Kier alpha value is -1.56. The number of nitrogens with one attached hydrogen (secondary N) is 2. The molecule has 1 aliphatic rings. The van der Waals surface area contributed by atoms with E-state index in [1.54, 1.807) is 10.4 Å². The summed E-state index contributed by atoms with van der Waals surface area (Å²) in [5, 5.41) is 6.11. The molecule has 2 heterocycles. The summed E-state index contributed by atoms with van der Waals surface area (Å²) in [6.07, 6.45) is 8.22. The van der Waals surface area contributed by atoms with Crippen molar-refractivity contribution in [1.29, 1.82) is 0 Å². The first-order valence-corrected chi connectivity index (χ1v) is 10.4. The summed E-state index contributed by atoms with van der Waals surface area (Å²) in [4.78, 5) is 5.34. The Balaban J connectivity index is 2.05. The molecule has 0 aliphatic carbocycles. The van der Waals surface area contributed by atoms with Crippen LogP contribution in [0.5, 0.6) is 0 Å². The molecule has 0 aromatic carbocycles. The van der Waals surface area contributed by atoms with E-state index in [1.165, 1.54) is 11.3 Å². The zero-order chi connectivity index (χ0) is 17.4. The van der Waals surface area contributed by atoms with Crippen molar-refractivity contribution in [3.05, 3.63) is 17.0 Å². The van der Waals surface area contributed by atoms with Crippen molar-refractivity contribution in [2.75, 3.05) is 26.2 Å². The van der Waals surface area contributed by atoms with Gasteiger partial charge in [0.1, 0.15) is 4.21 Å². The van der Waals surface area contributed by atoms with Gasteiger partial charge in [-0.2, -0.15) is 4.31 Å². The Labute approximate surface area is 148 Å². The maximum atomic E-state index is 12.6. The molecule has 1 aromatic rings. The zero-order valence-corrected chi connectivity index (χ0v) is 15.5.